The van der Waals surface area contributed by atoms with Crippen molar-refractivity contribution in [2.75, 3.05) is 29.0 Å². The fourth-order valence-corrected chi connectivity index (χ4v) is 3.82. The summed E-state index contributed by atoms with van der Waals surface area (Å²) < 4.78 is 30.3. The monoisotopic (exact) mass is 404 g/mol. The number of methoxy groups -OCH3 is 1. The number of aryl methyl sites for hydroxylation is 1. The lowest BCUT2D eigenvalue weighted by Gasteiger charge is -2.22. The second-order valence-corrected chi connectivity index (χ2v) is 8.27. The van der Waals surface area contributed by atoms with E-state index in [1.165, 1.54) is 11.4 Å². The minimum Gasteiger partial charge on any atom is -0.465 e. The average Bonchev–Trinajstić information content (AvgIpc) is 2.69. The van der Waals surface area contributed by atoms with E-state index in [0.29, 0.717) is 29.0 Å². The van der Waals surface area contributed by atoms with E-state index < -0.39 is 16.0 Å². The standard InChI is InChI=1S/C20H24N2O5S/c1-5-22(28(25,26)6-2)17-11-9-15(10-12-17)19(23)21-18-13-16(20(24)27-4)8-7-14(18)3/h7-13H,5-6H2,1-4H3,(H,21,23). The number of carbonyl (C=O) groups is 2. The second-order valence-electron chi connectivity index (χ2n) is 6.09. The van der Waals surface area contributed by atoms with Gasteiger partial charge in [0.15, 0.2) is 0 Å². The molecule has 0 aliphatic carbocycles. The number of rotatable bonds is 7. The summed E-state index contributed by atoms with van der Waals surface area (Å²) in [6.45, 7) is 5.46. The molecule has 0 aliphatic rings. The van der Waals surface area contributed by atoms with Crippen molar-refractivity contribution in [3.63, 3.8) is 0 Å². The second kappa shape index (κ2) is 8.88. The van der Waals surface area contributed by atoms with E-state index in [2.05, 4.69) is 5.32 Å². The molecule has 0 unspecified atom stereocenters. The zero-order chi connectivity index (χ0) is 20.9. The molecule has 2 rings (SSSR count). The number of anilines is 2. The number of hydrogen-bond acceptors (Lipinski definition) is 5. The average molecular weight is 404 g/mol. The minimum absolute atomic E-state index is 0.00110. The van der Waals surface area contributed by atoms with E-state index in [1.807, 2.05) is 6.92 Å². The first-order valence-corrected chi connectivity index (χ1v) is 10.4. The van der Waals surface area contributed by atoms with Crippen molar-refractivity contribution in [2.45, 2.75) is 20.8 Å². The lowest BCUT2D eigenvalue weighted by molar-refractivity contribution is 0.0600. The Hall–Kier alpha value is -2.87. The van der Waals surface area contributed by atoms with Gasteiger partial charge in [-0.1, -0.05) is 6.07 Å². The maximum atomic E-state index is 12.6. The molecule has 150 valence electrons. The maximum absolute atomic E-state index is 12.6. The Labute approximate surface area is 165 Å². The Morgan fingerprint density at radius 2 is 1.64 bits per heavy atom. The summed E-state index contributed by atoms with van der Waals surface area (Å²) in [5.74, 6) is -0.853. The van der Waals surface area contributed by atoms with Crippen LogP contribution in [0.3, 0.4) is 0 Å². The largest absolute Gasteiger partial charge is 0.465 e. The summed E-state index contributed by atoms with van der Waals surface area (Å²) in [7, 11) is -2.09. The van der Waals surface area contributed by atoms with Gasteiger partial charge in [-0.2, -0.15) is 0 Å². The summed E-state index contributed by atoms with van der Waals surface area (Å²) in [6, 6.07) is 11.2. The predicted molar refractivity (Wildman–Crippen MR) is 109 cm³/mol. The first-order chi connectivity index (χ1) is 13.2. The van der Waals surface area contributed by atoms with Gasteiger partial charge in [0.05, 0.1) is 24.1 Å². The third-order valence-corrected chi connectivity index (χ3v) is 6.18. The number of benzene rings is 2. The van der Waals surface area contributed by atoms with E-state index >= 15 is 0 Å². The lowest BCUT2D eigenvalue weighted by atomic mass is 10.1. The molecule has 28 heavy (non-hydrogen) atoms. The number of amides is 1. The molecule has 8 heteroatoms. The molecule has 0 spiro atoms. The van der Waals surface area contributed by atoms with E-state index in [-0.39, 0.29) is 11.7 Å². The molecular weight excluding hydrogens is 380 g/mol. The van der Waals surface area contributed by atoms with Crippen LogP contribution in [-0.4, -0.2) is 39.7 Å². The number of ether oxygens (including phenoxy) is 1. The van der Waals surface area contributed by atoms with Crippen LogP contribution in [0.15, 0.2) is 42.5 Å². The molecule has 1 N–H and O–H groups in total. The van der Waals surface area contributed by atoms with Crippen LogP contribution in [0, 0.1) is 6.92 Å². The fraction of sp³-hybridized carbons (Fsp3) is 0.300. The van der Waals surface area contributed by atoms with Crippen LogP contribution in [0.5, 0.6) is 0 Å². The molecule has 0 fully saturated rings. The third-order valence-electron chi connectivity index (χ3n) is 4.31. The molecule has 2 aromatic rings. The Bertz CT molecular complexity index is 969. The van der Waals surface area contributed by atoms with Gasteiger partial charge in [0.2, 0.25) is 10.0 Å². The number of carbonyl (C=O) groups excluding carboxylic acids is 2. The lowest BCUT2D eigenvalue weighted by Crippen LogP contribution is -2.32. The molecular formula is C20H24N2O5S. The molecule has 0 aliphatic heterocycles. The van der Waals surface area contributed by atoms with Gasteiger partial charge in [-0.3, -0.25) is 9.10 Å². The highest BCUT2D eigenvalue weighted by molar-refractivity contribution is 7.92. The van der Waals surface area contributed by atoms with Crippen molar-refractivity contribution in [2.24, 2.45) is 0 Å². The topological polar surface area (TPSA) is 92.8 Å². The normalized spacial score (nSPS) is 11.0. The van der Waals surface area contributed by atoms with Gasteiger partial charge < -0.3 is 10.1 Å². The van der Waals surface area contributed by atoms with Crippen molar-refractivity contribution in [1.82, 2.24) is 0 Å². The summed E-state index contributed by atoms with van der Waals surface area (Å²) in [5, 5.41) is 2.77. The van der Waals surface area contributed by atoms with Crippen molar-refractivity contribution < 1.29 is 22.7 Å². The van der Waals surface area contributed by atoms with Crippen LogP contribution < -0.4 is 9.62 Å². The zero-order valence-corrected chi connectivity index (χ0v) is 17.2. The highest BCUT2D eigenvalue weighted by Gasteiger charge is 2.19. The van der Waals surface area contributed by atoms with Gasteiger partial charge in [0, 0.05) is 17.8 Å². The van der Waals surface area contributed by atoms with Gasteiger partial charge >= 0.3 is 5.97 Å². The van der Waals surface area contributed by atoms with Gasteiger partial charge in [0.25, 0.3) is 5.91 Å². The quantitative estimate of drug-likeness (QED) is 0.716. The molecule has 2 aromatic carbocycles. The Balaban J connectivity index is 2.23. The summed E-state index contributed by atoms with van der Waals surface area (Å²) in [4.78, 5) is 24.2. The van der Waals surface area contributed by atoms with Gasteiger partial charge in [0.1, 0.15) is 0 Å². The summed E-state index contributed by atoms with van der Waals surface area (Å²) in [6.07, 6.45) is 0. The summed E-state index contributed by atoms with van der Waals surface area (Å²) >= 11 is 0. The third kappa shape index (κ3) is 4.69. The number of sulfonamides is 1. The SMILES string of the molecule is CCN(c1ccc(C(=O)Nc2cc(C(=O)OC)ccc2C)cc1)S(=O)(=O)CC. The first kappa shape index (κ1) is 21.4. The smallest absolute Gasteiger partial charge is 0.337 e. The van der Waals surface area contributed by atoms with E-state index in [1.54, 1.807) is 56.3 Å². The van der Waals surface area contributed by atoms with Gasteiger partial charge in [-0.25, -0.2) is 13.2 Å². The Morgan fingerprint density at radius 1 is 1.04 bits per heavy atom. The molecule has 0 saturated carbocycles. The van der Waals surface area contributed by atoms with Gasteiger partial charge in [-0.15, -0.1) is 0 Å². The number of nitrogens with zero attached hydrogens (tertiary/aromatic N) is 1. The fourth-order valence-electron chi connectivity index (χ4n) is 2.67. The molecule has 0 aromatic heterocycles. The van der Waals surface area contributed by atoms with Crippen LogP contribution in [0.4, 0.5) is 11.4 Å². The molecule has 0 atom stereocenters. The molecule has 1 amide bonds. The first-order valence-electron chi connectivity index (χ1n) is 8.84. The van der Waals surface area contributed by atoms with E-state index in [4.69, 9.17) is 4.74 Å². The number of hydrogen-bond donors (Lipinski definition) is 1. The number of nitrogens with one attached hydrogen (secondary N) is 1. The molecule has 0 saturated heterocycles. The molecule has 0 radical (unpaired) electrons. The Morgan fingerprint density at radius 3 is 2.18 bits per heavy atom. The van der Waals surface area contributed by atoms with Crippen LogP contribution >= 0.6 is 0 Å². The van der Waals surface area contributed by atoms with Crippen molar-refractivity contribution in [1.29, 1.82) is 0 Å². The van der Waals surface area contributed by atoms with Crippen molar-refractivity contribution >= 4 is 33.3 Å². The van der Waals surface area contributed by atoms with E-state index in [9.17, 15) is 18.0 Å². The number of esters is 1. The predicted octanol–water partition coefficient (Wildman–Crippen LogP) is 3.21. The van der Waals surface area contributed by atoms with E-state index in [0.717, 1.165) is 5.56 Å². The zero-order valence-electron chi connectivity index (χ0n) is 16.4. The van der Waals surface area contributed by atoms with Crippen LogP contribution in [0.1, 0.15) is 40.1 Å². The van der Waals surface area contributed by atoms with Crippen molar-refractivity contribution in [3.05, 3.63) is 59.2 Å². The van der Waals surface area contributed by atoms with Crippen LogP contribution in [0.25, 0.3) is 0 Å². The molecule has 7 nitrogen and oxygen atoms in total. The van der Waals surface area contributed by atoms with Gasteiger partial charge in [-0.05, 0) is 62.7 Å². The summed E-state index contributed by atoms with van der Waals surface area (Å²) in [5.41, 5.74) is 2.51. The molecule has 0 heterocycles. The maximum Gasteiger partial charge on any atom is 0.337 e. The minimum atomic E-state index is -3.38. The Kier molecular flexibility index (Phi) is 6.80. The highest BCUT2D eigenvalue weighted by Crippen LogP contribution is 2.21. The molecule has 0 bridgehead atoms. The highest BCUT2D eigenvalue weighted by atomic mass is 32.2. The van der Waals surface area contributed by atoms with Crippen molar-refractivity contribution in [3.8, 4) is 0 Å². The van der Waals surface area contributed by atoms with Crippen LogP contribution in [-0.2, 0) is 14.8 Å². The van der Waals surface area contributed by atoms with Crippen LogP contribution in [0.2, 0.25) is 0 Å².